The lowest BCUT2D eigenvalue weighted by molar-refractivity contribution is 0.402. The minimum atomic E-state index is -4.05. The number of nitrogens with one attached hydrogen (secondary N) is 1. The molecule has 0 aliphatic carbocycles. The summed E-state index contributed by atoms with van der Waals surface area (Å²) in [5, 5.41) is 8.54. The molecule has 2 heterocycles. The van der Waals surface area contributed by atoms with Gasteiger partial charge < -0.3 is 14.0 Å². The van der Waals surface area contributed by atoms with Gasteiger partial charge in [-0.25, -0.2) is 8.42 Å². The molecule has 0 fully saturated rings. The van der Waals surface area contributed by atoms with Crippen molar-refractivity contribution in [2.24, 2.45) is 0 Å². The molecular formula is C23H22N4O5S. The first kappa shape index (κ1) is 22.2. The van der Waals surface area contributed by atoms with Gasteiger partial charge in [0.1, 0.15) is 21.8 Å². The molecule has 4 aromatic rings. The summed E-state index contributed by atoms with van der Waals surface area (Å²) in [4.78, 5) is -0.0440. The normalized spacial score (nSPS) is 11.1. The molecule has 9 nitrogen and oxygen atoms in total. The standard InChI is InChI=1S/C23H22N4O5S/c1-4-5-7-16-8-9-21(18(12-16)30-2)33(28,29)26-23-22-19(31-3)13-17(14-20(22)32-25-23)15-27-11-6-10-24-27/h6,8-14H,4,15H2,1-3H3,(H,25,26). The third-order valence-corrected chi connectivity index (χ3v) is 6.19. The number of nitrogens with zero attached hydrogens (tertiary/aromatic N) is 3. The minimum absolute atomic E-state index is 0.0180. The second kappa shape index (κ2) is 9.26. The molecule has 0 amide bonds. The number of methoxy groups -OCH3 is 2. The van der Waals surface area contributed by atoms with Crippen molar-refractivity contribution in [3.05, 3.63) is 59.9 Å². The Balaban J connectivity index is 1.70. The van der Waals surface area contributed by atoms with E-state index in [1.165, 1.54) is 20.3 Å². The van der Waals surface area contributed by atoms with E-state index in [0.29, 0.717) is 35.2 Å². The average molecular weight is 467 g/mol. The molecule has 0 saturated carbocycles. The maximum Gasteiger partial charge on any atom is 0.266 e. The number of anilines is 1. The Morgan fingerprint density at radius 3 is 2.67 bits per heavy atom. The predicted octanol–water partition coefficient (Wildman–Crippen LogP) is 3.65. The van der Waals surface area contributed by atoms with Crippen LogP contribution >= 0.6 is 0 Å². The van der Waals surface area contributed by atoms with Gasteiger partial charge in [0.05, 0.1) is 20.8 Å². The van der Waals surface area contributed by atoms with Crippen LogP contribution in [0.15, 0.2) is 58.2 Å². The molecule has 0 spiro atoms. The summed E-state index contributed by atoms with van der Waals surface area (Å²) in [6, 6.07) is 10.0. The van der Waals surface area contributed by atoms with Crippen molar-refractivity contribution in [1.29, 1.82) is 0 Å². The highest BCUT2D eigenvalue weighted by Gasteiger charge is 2.24. The number of sulfonamides is 1. The maximum absolute atomic E-state index is 13.2. The van der Waals surface area contributed by atoms with E-state index in [0.717, 1.165) is 5.56 Å². The zero-order valence-electron chi connectivity index (χ0n) is 18.3. The summed E-state index contributed by atoms with van der Waals surface area (Å²) in [5.41, 5.74) is 1.90. The van der Waals surface area contributed by atoms with Gasteiger partial charge in [-0.1, -0.05) is 23.9 Å². The van der Waals surface area contributed by atoms with Crippen LogP contribution < -0.4 is 14.2 Å². The van der Waals surface area contributed by atoms with Crippen molar-refractivity contribution in [2.45, 2.75) is 24.8 Å². The van der Waals surface area contributed by atoms with Gasteiger partial charge in [0.25, 0.3) is 10.0 Å². The third-order valence-electron chi connectivity index (χ3n) is 4.82. The van der Waals surface area contributed by atoms with E-state index >= 15 is 0 Å². The molecule has 10 heteroatoms. The van der Waals surface area contributed by atoms with Crippen molar-refractivity contribution in [1.82, 2.24) is 14.9 Å². The number of hydrogen-bond acceptors (Lipinski definition) is 7. The van der Waals surface area contributed by atoms with Crippen LogP contribution in [0.1, 0.15) is 24.5 Å². The van der Waals surface area contributed by atoms with Crippen LogP contribution in [-0.2, 0) is 16.6 Å². The summed E-state index contributed by atoms with van der Waals surface area (Å²) in [7, 11) is -1.15. The highest BCUT2D eigenvalue weighted by atomic mass is 32.2. The van der Waals surface area contributed by atoms with Crippen LogP contribution in [0, 0.1) is 11.8 Å². The largest absolute Gasteiger partial charge is 0.496 e. The van der Waals surface area contributed by atoms with Gasteiger partial charge in [-0.3, -0.25) is 9.40 Å². The van der Waals surface area contributed by atoms with E-state index in [1.54, 1.807) is 35.1 Å². The van der Waals surface area contributed by atoms with Gasteiger partial charge in [0.15, 0.2) is 11.4 Å². The number of ether oxygens (including phenoxy) is 2. The first-order valence-electron chi connectivity index (χ1n) is 10.1. The van der Waals surface area contributed by atoms with Crippen LogP contribution in [0.3, 0.4) is 0 Å². The highest BCUT2D eigenvalue weighted by Crippen LogP contribution is 2.36. The highest BCUT2D eigenvalue weighted by molar-refractivity contribution is 7.92. The fraction of sp³-hybridized carbons (Fsp3) is 0.217. The van der Waals surface area contributed by atoms with Crippen molar-refractivity contribution in [3.63, 3.8) is 0 Å². The smallest absolute Gasteiger partial charge is 0.266 e. The number of benzene rings is 2. The van der Waals surface area contributed by atoms with Crippen molar-refractivity contribution >= 4 is 26.8 Å². The van der Waals surface area contributed by atoms with Gasteiger partial charge in [-0.05, 0) is 42.0 Å². The molecule has 170 valence electrons. The van der Waals surface area contributed by atoms with Gasteiger partial charge in [-0.15, -0.1) is 0 Å². The summed E-state index contributed by atoms with van der Waals surface area (Å²) in [6.45, 7) is 2.43. The summed E-state index contributed by atoms with van der Waals surface area (Å²) in [5.74, 6) is 6.52. The van der Waals surface area contributed by atoms with E-state index in [-0.39, 0.29) is 16.5 Å². The number of fused-ring (bicyclic) bond motifs is 1. The number of hydrogen-bond donors (Lipinski definition) is 1. The van der Waals surface area contributed by atoms with E-state index in [9.17, 15) is 8.42 Å². The van der Waals surface area contributed by atoms with Crippen LogP contribution in [0.5, 0.6) is 11.5 Å². The fourth-order valence-corrected chi connectivity index (χ4v) is 4.49. The van der Waals surface area contributed by atoms with E-state index < -0.39 is 10.0 Å². The molecule has 33 heavy (non-hydrogen) atoms. The molecule has 0 aliphatic rings. The fourth-order valence-electron chi connectivity index (χ4n) is 3.33. The van der Waals surface area contributed by atoms with Gasteiger partial charge in [0, 0.05) is 24.4 Å². The minimum Gasteiger partial charge on any atom is -0.496 e. The van der Waals surface area contributed by atoms with Crippen molar-refractivity contribution < 1.29 is 22.4 Å². The average Bonchev–Trinajstić information content (AvgIpc) is 3.46. The van der Waals surface area contributed by atoms with Crippen LogP contribution in [-0.4, -0.2) is 37.6 Å². The molecule has 0 atom stereocenters. The maximum atomic E-state index is 13.2. The van der Waals surface area contributed by atoms with Crippen LogP contribution in [0.4, 0.5) is 5.82 Å². The molecule has 0 aliphatic heterocycles. The van der Waals surface area contributed by atoms with E-state index in [1.807, 2.05) is 19.2 Å². The molecule has 0 radical (unpaired) electrons. The zero-order chi connectivity index (χ0) is 23.4. The SMILES string of the molecule is CCC#Cc1ccc(S(=O)(=O)Nc2noc3cc(Cn4cccn4)cc(OC)c23)c(OC)c1. The molecular weight excluding hydrogens is 444 g/mol. The Labute approximate surface area is 191 Å². The number of aromatic nitrogens is 3. The van der Waals surface area contributed by atoms with Crippen LogP contribution in [0.2, 0.25) is 0 Å². The first-order valence-corrected chi connectivity index (χ1v) is 11.6. The van der Waals surface area contributed by atoms with Gasteiger partial charge in [0.2, 0.25) is 0 Å². The molecule has 0 bridgehead atoms. The van der Waals surface area contributed by atoms with E-state index in [4.69, 9.17) is 14.0 Å². The Bertz CT molecular complexity index is 1450. The summed E-state index contributed by atoms with van der Waals surface area (Å²) < 4.78 is 46.8. The predicted molar refractivity (Wildman–Crippen MR) is 123 cm³/mol. The molecule has 4 rings (SSSR count). The third kappa shape index (κ3) is 4.63. The molecule has 2 aromatic heterocycles. The van der Waals surface area contributed by atoms with Gasteiger partial charge >= 0.3 is 0 Å². The lowest BCUT2D eigenvalue weighted by Gasteiger charge is -2.11. The lowest BCUT2D eigenvalue weighted by atomic mass is 10.1. The Kier molecular flexibility index (Phi) is 6.24. The first-order chi connectivity index (χ1) is 15.9. The van der Waals surface area contributed by atoms with Gasteiger partial charge in [-0.2, -0.15) is 5.10 Å². The second-order valence-corrected chi connectivity index (χ2v) is 8.68. The van der Waals surface area contributed by atoms with Crippen molar-refractivity contribution in [3.8, 4) is 23.3 Å². The molecule has 0 saturated heterocycles. The Hall–Kier alpha value is -3.97. The Morgan fingerprint density at radius 1 is 1.15 bits per heavy atom. The zero-order valence-corrected chi connectivity index (χ0v) is 19.1. The Morgan fingerprint density at radius 2 is 1.97 bits per heavy atom. The quantitative estimate of drug-likeness (QED) is 0.414. The lowest BCUT2D eigenvalue weighted by Crippen LogP contribution is -2.14. The summed E-state index contributed by atoms with van der Waals surface area (Å²) >= 11 is 0. The monoisotopic (exact) mass is 466 g/mol. The van der Waals surface area contributed by atoms with Crippen LogP contribution in [0.25, 0.3) is 11.0 Å². The molecule has 0 unspecified atom stereocenters. The number of rotatable bonds is 7. The van der Waals surface area contributed by atoms with Crippen molar-refractivity contribution in [2.75, 3.05) is 18.9 Å². The topological polar surface area (TPSA) is 108 Å². The molecule has 1 N–H and O–H groups in total. The second-order valence-electron chi connectivity index (χ2n) is 7.03. The molecule has 2 aromatic carbocycles. The van der Waals surface area contributed by atoms with E-state index in [2.05, 4.69) is 26.8 Å². The summed E-state index contributed by atoms with van der Waals surface area (Å²) in [6.07, 6.45) is 4.21.